The molecule has 25 heavy (non-hydrogen) atoms. The Kier molecular flexibility index (Phi) is 4.33. The Morgan fingerprint density at radius 3 is 2.76 bits per heavy atom. The lowest BCUT2D eigenvalue weighted by Gasteiger charge is -2.33. The van der Waals surface area contributed by atoms with Crippen LogP contribution in [-0.4, -0.2) is 43.2 Å². The number of piperidine rings is 1. The predicted octanol–water partition coefficient (Wildman–Crippen LogP) is 2.61. The van der Waals surface area contributed by atoms with Crippen LogP contribution in [0.5, 0.6) is 0 Å². The van der Waals surface area contributed by atoms with Crippen LogP contribution in [0.1, 0.15) is 34.8 Å². The lowest BCUT2D eigenvalue weighted by Crippen LogP contribution is -2.40. The van der Waals surface area contributed by atoms with Gasteiger partial charge in [-0.1, -0.05) is 12.1 Å². The Morgan fingerprint density at radius 1 is 1.16 bits per heavy atom. The maximum absolute atomic E-state index is 12.8. The zero-order valence-corrected chi connectivity index (χ0v) is 14.0. The Hall–Kier alpha value is -2.89. The molecule has 6 nitrogen and oxygen atoms in total. The molecule has 1 aliphatic rings. The van der Waals surface area contributed by atoms with Crippen molar-refractivity contribution in [3.8, 4) is 0 Å². The lowest BCUT2D eigenvalue weighted by atomic mass is 10.0. The van der Waals surface area contributed by atoms with E-state index in [0.717, 1.165) is 43.6 Å². The van der Waals surface area contributed by atoms with E-state index < -0.39 is 0 Å². The Morgan fingerprint density at radius 2 is 2.04 bits per heavy atom. The van der Waals surface area contributed by atoms with Gasteiger partial charge in [0.15, 0.2) is 0 Å². The molecule has 1 amide bonds. The first kappa shape index (κ1) is 15.6. The summed E-state index contributed by atoms with van der Waals surface area (Å²) in [5.41, 5.74) is 1.90. The summed E-state index contributed by atoms with van der Waals surface area (Å²) < 4.78 is 3.98. The summed E-state index contributed by atoms with van der Waals surface area (Å²) in [5.74, 6) is 0.103. The van der Waals surface area contributed by atoms with Gasteiger partial charge in [0.1, 0.15) is 0 Å². The van der Waals surface area contributed by atoms with E-state index in [1.165, 1.54) is 0 Å². The summed E-state index contributed by atoms with van der Waals surface area (Å²) in [6.45, 7) is 2.30. The molecule has 0 unspecified atom stereocenters. The number of benzene rings is 1. The SMILES string of the molecule is O=C(c1ccc(Cn2ccnc2)cc1)N1CCC[C@@H](n2cccn2)C1. The molecule has 2 aromatic heterocycles. The summed E-state index contributed by atoms with van der Waals surface area (Å²) in [7, 11) is 0. The smallest absolute Gasteiger partial charge is 0.253 e. The van der Waals surface area contributed by atoms with Crippen molar-refractivity contribution < 1.29 is 4.79 Å². The fourth-order valence-corrected chi connectivity index (χ4v) is 3.38. The van der Waals surface area contributed by atoms with Gasteiger partial charge in [0.2, 0.25) is 0 Å². The van der Waals surface area contributed by atoms with Crippen molar-refractivity contribution >= 4 is 5.91 Å². The van der Waals surface area contributed by atoms with Crippen molar-refractivity contribution in [1.29, 1.82) is 0 Å². The van der Waals surface area contributed by atoms with Gasteiger partial charge >= 0.3 is 0 Å². The molecule has 0 radical (unpaired) electrons. The molecule has 3 aromatic rings. The quantitative estimate of drug-likeness (QED) is 0.736. The maximum Gasteiger partial charge on any atom is 0.253 e. The minimum absolute atomic E-state index is 0.103. The number of nitrogens with zero attached hydrogens (tertiary/aromatic N) is 5. The van der Waals surface area contributed by atoms with E-state index in [4.69, 9.17) is 0 Å². The van der Waals surface area contributed by atoms with Crippen LogP contribution < -0.4 is 0 Å². The van der Waals surface area contributed by atoms with Gasteiger partial charge in [0.25, 0.3) is 5.91 Å². The molecule has 0 bridgehead atoms. The topological polar surface area (TPSA) is 56.0 Å². The molecule has 4 rings (SSSR count). The molecule has 1 aliphatic heterocycles. The average molecular weight is 335 g/mol. The number of imidazole rings is 1. The van der Waals surface area contributed by atoms with Crippen molar-refractivity contribution in [2.45, 2.75) is 25.4 Å². The van der Waals surface area contributed by atoms with Crippen LogP contribution in [0.3, 0.4) is 0 Å². The zero-order valence-electron chi connectivity index (χ0n) is 14.0. The third-order valence-corrected chi connectivity index (χ3v) is 4.71. The molecular formula is C19H21N5O. The molecule has 1 atom stereocenters. The second-order valence-corrected chi connectivity index (χ2v) is 6.47. The van der Waals surface area contributed by atoms with Crippen LogP contribution in [0.2, 0.25) is 0 Å². The van der Waals surface area contributed by atoms with Crippen molar-refractivity contribution in [1.82, 2.24) is 24.2 Å². The van der Waals surface area contributed by atoms with Crippen LogP contribution in [0.4, 0.5) is 0 Å². The monoisotopic (exact) mass is 335 g/mol. The third-order valence-electron chi connectivity index (χ3n) is 4.71. The van der Waals surface area contributed by atoms with E-state index in [1.807, 2.05) is 56.9 Å². The second-order valence-electron chi connectivity index (χ2n) is 6.47. The van der Waals surface area contributed by atoms with Crippen LogP contribution in [0.15, 0.2) is 61.4 Å². The molecule has 1 aromatic carbocycles. The number of hydrogen-bond acceptors (Lipinski definition) is 3. The zero-order chi connectivity index (χ0) is 17.1. The number of aromatic nitrogens is 4. The molecule has 0 saturated carbocycles. The van der Waals surface area contributed by atoms with Gasteiger partial charge < -0.3 is 9.47 Å². The van der Waals surface area contributed by atoms with Crippen molar-refractivity contribution in [3.63, 3.8) is 0 Å². The molecule has 0 N–H and O–H groups in total. The second kappa shape index (κ2) is 6.93. The van der Waals surface area contributed by atoms with Crippen LogP contribution in [-0.2, 0) is 6.54 Å². The van der Waals surface area contributed by atoms with Crippen LogP contribution in [0.25, 0.3) is 0 Å². The minimum atomic E-state index is 0.103. The minimum Gasteiger partial charge on any atom is -0.337 e. The van der Waals surface area contributed by atoms with Crippen LogP contribution >= 0.6 is 0 Å². The third kappa shape index (κ3) is 3.47. The van der Waals surface area contributed by atoms with E-state index in [-0.39, 0.29) is 11.9 Å². The molecule has 6 heteroatoms. The number of rotatable bonds is 4. The lowest BCUT2D eigenvalue weighted by molar-refractivity contribution is 0.0673. The number of carbonyl (C=O) groups excluding carboxylic acids is 1. The molecule has 1 fully saturated rings. The first-order valence-corrected chi connectivity index (χ1v) is 8.63. The maximum atomic E-state index is 12.8. The van der Waals surface area contributed by atoms with Gasteiger partial charge in [-0.3, -0.25) is 9.48 Å². The Bertz CT molecular complexity index is 808. The summed E-state index contributed by atoms with van der Waals surface area (Å²) in [6.07, 6.45) is 11.3. The van der Waals surface area contributed by atoms with E-state index in [0.29, 0.717) is 0 Å². The molecule has 0 spiro atoms. The van der Waals surface area contributed by atoms with Gasteiger partial charge in [-0.15, -0.1) is 0 Å². The van der Waals surface area contributed by atoms with Gasteiger partial charge in [0.05, 0.1) is 12.4 Å². The fraction of sp³-hybridized carbons (Fsp3) is 0.316. The van der Waals surface area contributed by atoms with Crippen LogP contribution in [0, 0.1) is 0 Å². The number of hydrogen-bond donors (Lipinski definition) is 0. The highest BCUT2D eigenvalue weighted by atomic mass is 16.2. The first-order chi connectivity index (χ1) is 12.3. The summed E-state index contributed by atoms with van der Waals surface area (Å²) in [5, 5.41) is 4.32. The average Bonchev–Trinajstić information content (AvgIpc) is 3.36. The summed E-state index contributed by atoms with van der Waals surface area (Å²) >= 11 is 0. The number of likely N-dealkylation sites (tertiary alicyclic amines) is 1. The highest BCUT2D eigenvalue weighted by molar-refractivity contribution is 5.94. The largest absolute Gasteiger partial charge is 0.337 e. The molecule has 3 heterocycles. The van der Waals surface area contributed by atoms with Crippen molar-refractivity contribution in [2.75, 3.05) is 13.1 Å². The highest BCUT2D eigenvalue weighted by Crippen LogP contribution is 2.22. The molecule has 128 valence electrons. The Balaban J connectivity index is 1.43. The first-order valence-electron chi connectivity index (χ1n) is 8.63. The highest BCUT2D eigenvalue weighted by Gasteiger charge is 2.25. The van der Waals surface area contributed by atoms with Crippen molar-refractivity contribution in [3.05, 3.63) is 72.6 Å². The molecule has 0 aliphatic carbocycles. The van der Waals surface area contributed by atoms with Gasteiger partial charge in [-0.05, 0) is 36.6 Å². The molecule has 1 saturated heterocycles. The summed E-state index contributed by atoms with van der Waals surface area (Å²) in [6, 6.07) is 10.1. The predicted molar refractivity (Wildman–Crippen MR) is 94.2 cm³/mol. The summed E-state index contributed by atoms with van der Waals surface area (Å²) in [4.78, 5) is 18.8. The fourth-order valence-electron chi connectivity index (χ4n) is 3.38. The van der Waals surface area contributed by atoms with Gasteiger partial charge in [-0.25, -0.2) is 4.98 Å². The van der Waals surface area contributed by atoms with E-state index in [1.54, 1.807) is 18.7 Å². The van der Waals surface area contributed by atoms with Gasteiger partial charge in [-0.2, -0.15) is 5.10 Å². The van der Waals surface area contributed by atoms with Gasteiger partial charge in [0, 0.05) is 50.0 Å². The standard InChI is InChI=1S/C19H21N5O/c25-19(23-10-1-3-18(14-23)24-11-2-8-21-24)17-6-4-16(5-7-17)13-22-12-9-20-15-22/h2,4-9,11-12,15,18H,1,3,10,13-14H2/t18-/m1/s1. The van der Waals surface area contributed by atoms with E-state index in [2.05, 4.69) is 10.1 Å². The normalized spacial score (nSPS) is 17.6. The Labute approximate surface area is 146 Å². The molecular weight excluding hydrogens is 314 g/mol. The number of carbonyl (C=O) groups is 1. The van der Waals surface area contributed by atoms with Crippen molar-refractivity contribution in [2.24, 2.45) is 0 Å². The van der Waals surface area contributed by atoms with E-state index in [9.17, 15) is 4.79 Å². The number of amides is 1. The van der Waals surface area contributed by atoms with E-state index >= 15 is 0 Å².